The maximum atomic E-state index is 12.9. The summed E-state index contributed by atoms with van der Waals surface area (Å²) < 4.78 is 27.4. The van der Waals surface area contributed by atoms with Crippen molar-refractivity contribution in [1.82, 2.24) is 9.62 Å². The standard InChI is InChI=1S/C22H27N3O4S/c1-16-6-11-20(30(28,29)25-12-4-3-5-13-25)14-21(16)22(27)23-15-18-7-9-19(10-8-18)24-17(2)26/h6-11,14H,3-5,12-13,15H2,1-2H3,(H,23,27)(H,24,26). The van der Waals surface area contributed by atoms with Crippen LogP contribution in [0.1, 0.15) is 47.7 Å². The number of hydrogen-bond donors (Lipinski definition) is 2. The van der Waals surface area contributed by atoms with Crippen LogP contribution in [0.3, 0.4) is 0 Å². The number of piperidine rings is 1. The molecule has 2 aromatic carbocycles. The predicted molar refractivity (Wildman–Crippen MR) is 116 cm³/mol. The first-order chi connectivity index (χ1) is 14.3. The molecule has 1 heterocycles. The summed E-state index contributed by atoms with van der Waals surface area (Å²) in [6, 6.07) is 11.9. The maximum absolute atomic E-state index is 12.9. The van der Waals surface area contributed by atoms with Crippen LogP contribution in [-0.4, -0.2) is 37.6 Å². The van der Waals surface area contributed by atoms with Gasteiger partial charge in [-0.1, -0.05) is 24.6 Å². The molecule has 0 aromatic heterocycles. The fourth-order valence-corrected chi connectivity index (χ4v) is 4.99. The van der Waals surface area contributed by atoms with E-state index in [1.54, 1.807) is 31.2 Å². The zero-order valence-electron chi connectivity index (χ0n) is 17.3. The van der Waals surface area contributed by atoms with Gasteiger partial charge in [-0.05, 0) is 55.2 Å². The van der Waals surface area contributed by atoms with Crippen LogP contribution in [0.15, 0.2) is 47.4 Å². The minimum absolute atomic E-state index is 0.147. The Bertz CT molecular complexity index is 1030. The molecule has 1 aliphatic rings. The average Bonchev–Trinajstić information content (AvgIpc) is 2.73. The third-order valence-corrected chi connectivity index (χ3v) is 7.03. The summed E-state index contributed by atoms with van der Waals surface area (Å²) in [6.45, 7) is 4.56. The molecule has 0 unspecified atom stereocenters. The molecule has 3 rings (SSSR count). The Labute approximate surface area is 177 Å². The SMILES string of the molecule is CC(=O)Nc1ccc(CNC(=O)c2cc(S(=O)(=O)N3CCCCC3)ccc2C)cc1. The number of anilines is 1. The molecular formula is C22H27N3O4S. The van der Waals surface area contributed by atoms with E-state index < -0.39 is 10.0 Å². The highest BCUT2D eigenvalue weighted by atomic mass is 32.2. The summed E-state index contributed by atoms with van der Waals surface area (Å²) in [5.74, 6) is -0.472. The summed E-state index contributed by atoms with van der Waals surface area (Å²) in [5.41, 5.74) is 2.62. The summed E-state index contributed by atoms with van der Waals surface area (Å²) in [6.07, 6.45) is 2.76. The van der Waals surface area contributed by atoms with E-state index in [1.807, 2.05) is 12.1 Å². The normalized spacial score (nSPS) is 14.9. The summed E-state index contributed by atoms with van der Waals surface area (Å²) >= 11 is 0. The van der Waals surface area contributed by atoms with Crippen molar-refractivity contribution in [2.45, 2.75) is 44.6 Å². The van der Waals surface area contributed by atoms with E-state index >= 15 is 0 Å². The summed E-state index contributed by atoms with van der Waals surface area (Å²) in [7, 11) is -3.60. The van der Waals surface area contributed by atoms with E-state index in [1.165, 1.54) is 17.3 Å². The average molecular weight is 430 g/mol. The first-order valence-electron chi connectivity index (χ1n) is 10.0. The lowest BCUT2D eigenvalue weighted by Gasteiger charge is -2.26. The number of aryl methyl sites for hydroxylation is 1. The monoisotopic (exact) mass is 429 g/mol. The first kappa shape index (κ1) is 22.0. The van der Waals surface area contributed by atoms with Crippen LogP contribution < -0.4 is 10.6 Å². The van der Waals surface area contributed by atoms with Crippen LogP contribution in [0, 0.1) is 6.92 Å². The highest BCUT2D eigenvalue weighted by Crippen LogP contribution is 2.23. The van der Waals surface area contributed by atoms with E-state index in [9.17, 15) is 18.0 Å². The second-order valence-corrected chi connectivity index (χ2v) is 9.44. The Morgan fingerprint density at radius 2 is 1.67 bits per heavy atom. The molecule has 30 heavy (non-hydrogen) atoms. The Hall–Kier alpha value is -2.71. The zero-order valence-corrected chi connectivity index (χ0v) is 18.1. The van der Waals surface area contributed by atoms with E-state index in [0.717, 1.165) is 24.8 Å². The lowest BCUT2D eigenvalue weighted by Crippen LogP contribution is -2.35. The third kappa shape index (κ3) is 5.25. The molecule has 1 saturated heterocycles. The summed E-state index contributed by atoms with van der Waals surface area (Å²) in [5, 5.41) is 5.53. The number of carbonyl (C=O) groups is 2. The Morgan fingerprint density at radius 3 is 2.30 bits per heavy atom. The molecule has 2 N–H and O–H groups in total. The van der Waals surface area contributed by atoms with Gasteiger partial charge in [-0.3, -0.25) is 9.59 Å². The number of amides is 2. The van der Waals surface area contributed by atoms with Crippen molar-refractivity contribution in [2.24, 2.45) is 0 Å². The molecule has 1 aliphatic heterocycles. The largest absolute Gasteiger partial charge is 0.348 e. The number of benzene rings is 2. The fourth-order valence-electron chi connectivity index (χ4n) is 3.45. The van der Waals surface area contributed by atoms with Crippen LogP contribution in [0.25, 0.3) is 0 Å². The molecule has 0 spiro atoms. The minimum atomic E-state index is -3.60. The van der Waals surface area contributed by atoms with E-state index in [2.05, 4.69) is 10.6 Å². The topological polar surface area (TPSA) is 95.6 Å². The van der Waals surface area contributed by atoms with Crippen LogP contribution in [0.5, 0.6) is 0 Å². The second kappa shape index (κ2) is 9.40. The molecule has 2 aromatic rings. The van der Waals surface area contributed by atoms with Gasteiger partial charge in [0.15, 0.2) is 0 Å². The molecule has 0 radical (unpaired) electrons. The van der Waals surface area contributed by atoms with Crippen LogP contribution in [-0.2, 0) is 21.4 Å². The number of carbonyl (C=O) groups excluding carboxylic acids is 2. The third-order valence-electron chi connectivity index (χ3n) is 5.13. The van der Waals surface area contributed by atoms with Crippen molar-refractivity contribution in [3.05, 3.63) is 59.2 Å². The molecule has 8 heteroatoms. The highest BCUT2D eigenvalue weighted by molar-refractivity contribution is 7.89. The van der Waals surface area contributed by atoms with Gasteiger partial charge in [0, 0.05) is 37.8 Å². The van der Waals surface area contributed by atoms with Gasteiger partial charge < -0.3 is 10.6 Å². The number of hydrogen-bond acceptors (Lipinski definition) is 4. The van der Waals surface area contributed by atoms with Gasteiger partial charge in [0.05, 0.1) is 4.90 Å². The molecule has 1 fully saturated rings. The van der Waals surface area contributed by atoms with E-state index in [4.69, 9.17) is 0 Å². The highest BCUT2D eigenvalue weighted by Gasteiger charge is 2.27. The van der Waals surface area contributed by atoms with Gasteiger partial charge >= 0.3 is 0 Å². The molecule has 0 bridgehead atoms. The first-order valence-corrected chi connectivity index (χ1v) is 11.5. The van der Waals surface area contributed by atoms with Gasteiger partial charge in [0.1, 0.15) is 0 Å². The maximum Gasteiger partial charge on any atom is 0.251 e. The van der Waals surface area contributed by atoms with Crippen molar-refractivity contribution >= 4 is 27.5 Å². The molecule has 0 atom stereocenters. The Kier molecular flexibility index (Phi) is 6.89. The van der Waals surface area contributed by atoms with Gasteiger partial charge in [0.25, 0.3) is 5.91 Å². The molecule has 0 aliphatic carbocycles. The van der Waals surface area contributed by atoms with E-state index in [0.29, 0.717) is 36.4 Å². The minimum Gasteiger partial charge on any atom is -0.348 e. The summed E-state index contributed by atoms with van der Waals surface area (Å²) in [4.78, 5) is 24.0. The van der Waals surface area contributed by atoms with Crippen LogP contribution in [0.2, 0.25) is 0 Å². The Morgan fingerprint density at radius 1 is 1.00 bits per heavy atom. The van der Waals surface area contributed by atoms with Gasteiger partial charge in [-0.2, -0.15) is 4.31 Å². The second-order valence-electron chi connectivity index (χ2n) is 7.50. The van der Waals surface area contributed by atoms with Gasteiger partial charge in [-0.25, -0.2) is 8.42 Å². The van der Waals surface area contributed by atoms with Crippen molar-refractivity contribution in [3.8, 4) is 0 Å². The fraction of sp³-hybridized carbons (Fsp3) is 0.364. The van der Waals surface area contributed by atoms with Crippen molar-refractivity contribution in [3.63, 3.8) is 0 Å². The molecule has 0 saturated carbocycles. The number of nitrogens with one attached hydrogen (secondary N) is 2. The molecule has 7 nitrogen and oxygen atoms in total. The molecule has 2 amide bonds. The number of nitrogens with zero attached hydrogens (tertiary/aromatic N) is 1. The Balaban J connectivity index is 1.71. The molecular weight excluding hydrogens is 402 g/mol. The molecule has 160 valence electrons. The van der Waals surface area contributed by atoms with Crippen molar-refractivity contribution in [2.75, 3.05) is 18.4 Å². The smallest absolute Gasteiger partial charge is 0.251 e. The quantitative estimate of drug-likeness (QED) is 0.738. The van der Waals surface area contributed by atoms with Crippen molar-refractivity contribution < 1.29 is 18.0 Å². The van der Waals surface area contributed by atoms with Crippen LogP contribution >= 0.6 is 0 Å². The van der Waals surface area contributed by atoms with Crippen molar-refractivity contribution in [1.29, 1.82) is 0 Å². The van der Waals surface area contributed by atoms with E-state index in [-0.39, 0.29) is 16.7 Å². The van der Waals surface area contributed by atoms with Gasteiger partial charge in [0.2, 0.25) is 15.9 Å². The number of sulfonamides is 1. The van der Waals surface area contributed by atoms with Gasteiger partial charge in [-0.15, -0.1) is 0 Å². The number of rotatable bonds is 6. The lowest BCUT2D eigenvalue weighted by atomic mass is 10.1. The van der Waals surface area contributed by atoms with Crippen LogP contribution in [0.4, 0.5) is 5.69 Å². The zero-order chi connectivity index (χ0) is 21.7. The lowest BCUT2D eigenvalue weighted by molar-refractivity contribution is -0.114. The predicted octanol–water partition coefficient (Wildman–Crippen LogP) is 3.06.